The van der Waals surface area contributed by atoms with E-state index in [2.05, 4.69) is 20.6 Å². The molecule has 3 aromatic rings. The number of carbonyl (C=O) groups is 1. The van der Waals surface area contributed by atoms with Crippen LogP contribution in [0, 0.1) is 18.6 Å². The van der Waals surface area contributed by atoms with E-state index in [0.717, 1.165) is 36.7 Å². The highest BCUT2D eigenvalue weighted by molar-refractivity contribution is 7.16. The third kappa shape index (κ3) is 4.40. The first-order chi connectivity index (χ1) is 13.0. The monoisotopic (exact) mass is 408 g/mol. The maximum Gasteiger partial charge on any atom is 0.420 e. The highest BCUT2D eigenvalue weighted by Gasteiger charge is 2.26. The van der Waals surface area contributed by atoms with Crippen molar-refractivity contribution in [1.82, 2.24) is 9.97 Å². The Labute approximate surface area is 161 Å². The van der Waals surface area contributed by atoms with Gasteiger partial charge in [0.25, 0.3) is 5.88 Å². The lowest BCUT2D eigenvalue weighted by molar-refractivity contribution is 0.214. The Bertz CT molecular complexity index is 980. The molecule has 1 saturated carbocycles. The summed E-state index contributed by atoms with van der Waals surface area (Å²) in [5.74, 6) is -0.904. The Hall–Kier alpha value is -2.59. The highest BCUT2D eigenvalue weighted by atomic mass is 32.1. The fourth-order valence-electron chi connectivity index (χ4n) is 2.42. The summed E-state index contributed by atoms with van der Waals surface area (Å²) in [6.07, 6.45) is 1.52. The van der Waals surface area contributed by atoms with Crippen molar-refractivity contribution in [3.63, 3.8) is 0 Å². The van der Waals surface area contributed by atoms with Crippen LogP contribution in [0.15, 0.2) is 23.6 Å². The van der Waals surface area contributed by atoms with E-state index in [1.54, 1.807) is 6.92 Å². The van der Waals surface area contributed by atoms with Gasteiger partial charge in [-0.05, 0) is 31.9 Å². The van der Waals surface area contributed by atoms with Gasteiger partial charge >= 0.3 is 6.09 Å². The Morgan fingerprint density at radius 2 is 1.96 bits per heavy atom. The number of aromatic nitrogens is 2. The molecule has 27 heavy (non-hydrogen) atoms. The number of carbonyl (C=O) groups excluding carboxylic acids is 1. The summed E-state index contributed by atoms with van der Waals surface area (Å²) in [6, 6.07) is 3.05. The van der Waals surface area contributed by atoms with Crippen molar-refractivity contribution < 1.29 is 18.3 Å². The molecule has 2 aromatic heterocycles. The van der Waals surface area contributed by atoms with Crippen LogP contribution in [-0.4, -0.2) is 16.1 Å². The predicted octanol–water partition coefficient (Wildman–Crippen LogP) is 5.42. The molecule has 0 spiro atoms. The maximum atomic E-state index is 13.4. The number of ether oxygens (including phenoxy) is 1. The second kappa shape index (κ2) is 7.20. The number of halogens is 2. The van der Waals surface area contributed by atoms with E-state index in [1.165, 1.54) is 22.7 Å². The second-order valence-electron chi connectivity index (χ2n) is 6.02. The number of thiazole rings is 2. The molecule has 0 saturated heterocycles. The molecule has 10 heteroatoms. The molecule has 1 amide bonds. The third-order valence-electron chi connectivity index (χ3n) is 3.74. The molecule has 1 aliphatic carbocycles. The quantitative estimate of drug-likeness (QED) is 0.590. The van der Waals surface area contributed by atoms with Gasteiger partial charge in [0.2, 0.25) is 0 Å². The summed E-state index contributed by atoms with van der Waals surface area (Å²) >= 11 is 2.53. The smallest absolute Gasteiger partial charge is 0.388 e. The summed E-state index contributed by atoms with van der Waals surface area (Å²) in [5.41, 5.74) is 1.17. The van der Waals surface area contributed by atoms with Gasteiger partial charge in [0, 0.05) is 23.1 Å². The largest absolute Gasteiger partial charge is 0.420 e. The molecule has 0 atom stereocenters. The van der Waals surface area contributed by atoms with Gasteiger partial charge in [0.15, 0.2) is 10.1 Å². The van der Waals surface area contributed by atoms with Crippen molar-refractivity contribution >= 4 is 44.6 Å². The molecule has 2 N–H and O–H groups in total. The number of rotatable bonds is 5. The van der Waals surface area contributed by atoms with E-state index in [4.69, 9.17) is 4.74 Å². The minimum Gasteiger partial charge on any atom is -0.388 e. The molecule has 1 aromatic carbocycles. The Kier molecular flexibility index (Phi) is 4.75. The van der Waals surface area contributed by atoms with Gasteiger partial charge in [-0.25, -0.2) is 23.5 Å². The van der Waals surface area contributed by atoms with Crippen LogP contribution in [0.5, 0.6) is 5.88 Å². The van der Waals surface area contributed by atoms with Crippen LogP contribution in [0.3, 0.4) is 0 Å². The van der Waals surface area contributed by atoms with Crippen LogP contribution >= 0.6 is 22.7 Å². The van der Waals surface area contributed by atoms with Gasteiger partial charge in [-0.2, -0.15) is 0 Å². The number of anilines is 3. The molecular weight excluding hydrogens is 394 g/mol. The topological polar surface area (TPSA) is 76.1 Å². The fourth-order valence-corrected chi connectivity index (χ4v) is 3.97. The molecule has 140 valence electrons. The molecule has 2 heterocycles. The first-order valence-electron chi connectivity index (χ1n) is 8.11. The first kappa shape index (κ1) is 17.8. The van der Waals surface area contributed by atoms with Gasteiger partial charge in [0.05, 0.1) is 10.7 Å². The van der Waals surface area contributed by atoms with Crippen LogP contribution in [-0.2, 0) is 0 Å². The van der Waals surface area contributed by atoms with E-state index >= 15 is 0 Å². The van der Waals surface area contributed by atoms with Crippen molar-refractivity contribution in [1.29, 1.82) is 0 Å². The van der Waals surface area contributed by atoms with E-state index in [-0.39, 0.29) is 11.6 Å². The number of nitrogens with zero attached hydrogens (tertiary/aromatic N) is 2. The molecule has 1 fully saturated rings. The SMILES string of the molecule is Cc1nc(OC(=O)Nc2nc(C3CC3)cs2)c(Nc2cc(F)cc(F)c2)s1. The second-order valence-corrected chi connectivity index (χ2v) is 8.08. The van der Waals surface area contributed by atoms with E-state index in [1.807, 2.05) is 5.38 Å². The average molecular weight is 408 g/mol. The zero-order valence-corrected chi connectivity index (χ0v) is 15.7. The Morgan fingerprint density at radius 3 is 2.67 bits per heavy atom. The molecule has 6 nitrogen and oxygen atoms in total. The number of hydrogen-bond acceptors (Lipinski definition) is 7. The van der Waals surface area contributed by atoms with Gasteiger partial charge in [-0.3, -0.25) is 5.32 Å². The van der Waals surface area contributed by atoms with Crippen LogP contribution in [0.25, 0.3) is 0 Å². The van der Waals surface area contributed by atoms with Crippen LogP contribution < -0.4 is 15.4 Å². The Morgan fingerprint density at radius 1 is 1.22 bits per heavy atom. The normalized spacial score (nSPS) is 13.4. The van der Waals surface area contributed by atoms with Crippen molar-refractivity contribution in [2.24, 2.45) is 0 Å². The average Bonchev–Trinajstić information content (AvgIpc) is 3.23. The number of benzene rings is 1. The van der Waals surface area contributed by atoms with Crippen LogP contribution in [0.4, 0.5) is 29.4 Å². The minimum atomic E-state index is -0.731. The van der Waals surface area contributed by atoms with Crippen LogP contribution in [0.1, 0.15) is 29.5 Å². The van der Waals surface area contributed by atoms with E-state index in [0.29, 0.717) is 21.1 Å². The molecule has 0 unspecified atom stereocenters. The number of amides is 1. The van der Waals surface area contributed by atoms with Crippen molar-refractivity contribution in [2.75, 3.05) is 10.6 Å². The van der Waals surface area contributed by atoms with Gasteiger partial charge < -0.3 is 10.1 Å². The lowest BCUT2D eigenvalue weighted by atomic mass is 10.3. The van der Waals surface area contributed by atoms with E-state index in [9.17, 15) is 13.6 Å². The van der Waals surface area contributed by atoms with Gasteiger partial charge in [-0.15, -0.1) is 11.3 Å². The van der Waals surface area contributed by atoms with Crippen molar-refractivity contribution in [3.05, 3.63) is 45.9 Å². The molecule has 0 bridgehead atoms. The summed E-state index contributed by atoms with van der Waals surface area (Å²) in [4.78, 5) is 20.7. The molecule has 0 aliphatic heterocycles. The number of hydrogen-bond donors (Lipinski definition) is 2. The minimum absolute atomic E-state index is 0.0265. The summed E-state index contributed by atoms with van der Waals surface area (Å²) < 4.78 is 32.0. The van der Waals surface area contributed by atoms with Gasteiger partial charge in [0.1, 0.15) is 11.6 Å². The fraction of sp³-hybridized carbons (Fsp3) is 0.235. The van der Waals surface area contributed by atoms with Crippen molar-refractivity contribution in [2.45, 2.75) is 25.7 Å². The highest BCUT2D eigenvalue weighted by Crippen LogP contribution is 2.41. The predicted molar refractivity (Wildman–Crippen MR) is 100 cm³/mol. The lowest BCUT2D eigenvalue weighted by Gasteiger charge is -2.07. The summed E-state index contributed by atoms with van der Waals surface area (Å²) in [5, 5.41) is 8.77. The standard InChI is InChI=1S/C17H14F2N4O2S2/c1-8-20-14(15(27-8)21-12-5-10(18)4-11(19)6-12)25-17(24)23-16-22-13(7-26-16)9-2-3-9/h4-7,9,21H,2-3H2,1H3,(H,22,23,24). The third-order valence-corrected chi connectivity index (χ3v) is 5.38. The molecular formula is C17H14F2N4O2S2. The molecule has 1 aliphatic rings. The zero-order chi connectivity index (χ0) is 19.0. The zero-order valence-electron chi connectivity index (χ0n) is 14.1. The maximum absolute atomic E-state index is 13.4. The van der Waals surface area contributed by atoms with Gasteiger partial charge in [-0.1, -0.05) is 11.3 Å². The van der Waals surface area contributed by atoms with Crippen LogP contribution in [0.2, 0.25) is 0 Å². The number of aryl methyl sites for hydroxylation is 1. The summed E-state index contributed by atoms with van der Waals surface area (Å²) in [6.45, 7) is 1.73. The first-order valence-corrected chi connectivity index (χ1v) is 9.80. The van der Waals surface area contributed by atoms with E-state index < -0.39 is 17.7 Å². The summed E-state index contributed by atoms with van der Waals surface area (Å²) in [7, 11) is 0. The Balaban J connectivity index is 1.45. The lowest BCUT2D eigenvalue weighted by Crippen LogP contribution is -2.17. The number of nitrogens with one attached hydrogen (secondary N) is 2. The molecule has 0 radical (unpaired) electrons. The van der Waals surface area contributed by atoms with Crippen molar-refractivity contribution in [3.8, 4) is 5.88 Å². The molecule has 4 rings (SSSR count).